The van der Waals surface area contributed by atoms with Gasteiger partial charge in [-0.05, 0) is 13.8 Å². The van der Waals surface area contributed by atoms with E-state index in [1.165, 1.54) is 20.3 Å². The Kier molecular flexibility index (Phi) is 5.30. The smallest absolute Gasteiger partial charge is 0.260 e. The van der Waals surface area contributed by atoms with Gasteiger partial charge in [0.25, 0.3) is 5.91 Å². The van der Waals surface area contributed by atoms with Crippen LogP contribution in [0.25, 0.3) is 0 Å². The van der Waals surface area contributed by atoms with Gasteiger partial charge in [-0.25, -0.2) is 4.39 Å². The molecular weight excluding hydrogens is 305 g/mol. The first kappa shape index (κ1) is 17.3. The number of nitrogens with zero attached hydrogens (tertiary/aromatic N) is 1. The molecule has 0 aliphatic carbocycles. The van der Waals surface area contributed by atoms with E-state index in [1.807, 2.05) is 13.8 Å². The van der Waals surface area contributed by atoms with E-state index in [1.54, 1.807) is 4.90 Å². The van der Waals surface area contributed by atoms with E-state index in [4.69, 9.17) is 18.9 Å². The molecule has 0 atom stereocenters. The quantitative estimate of drug-likeness (QED) is 0.826. The van der Waals surface area contributed by atoms with E-state index < -0.39 is 5.82 Å². The van der Waals surface area contributed by atoms with Gasteiger partial charge in [-0.1, -0.05) is 0 Å². The lowest BCUT2D eigenvalue weighted by molar-refractivity contribution is -0.147. The number of benzene rings is 1. The Morgan fingerprint density at radius 1 is 1.26 bits per heavy atom. The molecule has 0 radical (unpaired) electrons. The Bertz CT molecular complexity index is 576. The van der Waals surface area contributed by atoms with E-state index in [0.29, 0.717) is 25.4 Å². The van der Waals surface area contributed by atoms with Crippen molar-refractivity contribution in [3.8, 4) is 17.2 Å². The summed E-state index contributed by atoms with van der Waals surface area (Å²) < 4.78 is 34.9. The van der Waals surface area contributed by atoms with Crippen molar-refractivity contribution in [3.63, 3.8) is 0 Å². The molecule has 1 aliphatic rings. The highest BCUT2D eigenvalue weighted by molar-refractivity contribution is 5.78. The van der Waals surface area contributed by atoms with Crippen LogP contribution in [0, 0.1) is 5.82 Å². The molecule has 1 fully saturated rings. The fourth-order valence-corrected chi connectivity index (χ4v) is 2.41. The average molecular weight is 327 g/mol. The number of rotatable bonds is 5. The third-order valence-electron chi connectivity index (χ3n) is 3.57. The lowest BCUT2D eigenvalue weighted by Crippen LogP contribution is -2.51. The molecule has 128 valence electrons. The van der Waals surface area contributed by atoms with Gasteiger partial charge in [-0.2, -0.15) is 0 Å². The molecule has 23 heavy (non-hydrogen) atoms. The van der Waals surface area contributed by atoms with Crippen LogP contribution in [-0.4, -0.2) is 56.9 Å². The highest BCUT2D eigenvalue weighted by atomic mass is 19.1. The molecule has 0 unspecified atom stereocenters. The van der Waals surface area contributed by atoms with Crippen LogP contribution in [0.2, 0.25) is 0 Å². The first-order valence-electron chi connectivity index (χ1n) is 7.32. The third kappa shape index (κ3) is 4.25. The Morgan fingerprint density at radius 3 is 2.52 bits per heavy atom. The van der Waals surface area contributed by atoms with Crippen molar-refractivity contribution in [2.45, 2.75) is 19.4 Å². The first-order valence-corrected chi connectivity index (χ1v) is 7.32. The summed E-state index contributed by atoms with van der Waals surface area (Å²) in [5.74, 6) is -0.278. The van der Waals surface area contributed by atoms with E-state index in [9.17, 15) is 9.18 Å². The summed E-state index contributed by atoms with van der Waals surface area (Å²) in [5, 5.41) is 0. The van der Waals surface area contributed by atoms with Gasteiger partial charge in [-0.15, -0.1) is 0 Å². The van der Waals surface area contributed by atoms with Crippen LogP contribution in [0.5, 0.6) is 17.2 Å². The van der Waals surface area contributed by atoms with Gasteiger partial charge in [-0.3, -0.25) is 4.79 Å². The predicted octanol–water partition coefficient (Wildman–Crippen LogP) is 1.86. The van der Waals surface area contributed by atoms with Crippen molar-refractivity contribution in [3.05, 3.63) is 17.9 Å². The maximum absolute atomic E-state index is 14.0. The SMILES string of the molecule is COc1cc(F)c(OCC(=O)N2CCOC(C)(C)C2)cc1OC. The maximum atomic E-state index is 14.0. The van der Waals surface area contributed by atoms with Crippen LogP contribution in [0.4, 0.5) is 4.39 Å². The number of methoxy groups -OCH3 is 2. The molecule has 7 heteroatoms. The van der Waals surface area contributed by atoms with Crippen LogP contribution >= 0.6 is 0 Å². The predicted molar refractivity (Wildman–Crippen MR) is 81.6 cm³/mol. The molecule has 1 aromatic rings. The molecular formula is C16H22FNO5. The van der Waals surface area contributed by atoms with Crippen molar-refractivity contribution in [1.29, 1.82) is 0 Å². The summed E-state index contributed by atoms with van der Waals surface area (Å²) in [6.45, 7) is 5.04. The molecule has 1 saturated heterocycles. The van der Waals surface area contributed by atoms with Gasteiger partial charge >= 0.3 is 0 Å². The van der Waals surface area contributed by atoms with E-state index in [0.717, 1.165) is 6.07 Å². The van der Waals surface area contributed by atoms with Gasteiger partial charge in [0.2, 0.25) is 0 Å². The number of halogens is 1. The van der Waals surface area contributed by atoms with E-state index in [2.05, 4.69) is 0 Å². The average Bonchev–Trinajstić information content (AvgIpc) is 2.52. The highest BCUT2D eigenvalue weighted by Crippen LogP contribution is 2.33. The molecule has 6 nitrogen and oxygen atoms in total. The molecule has 0 spiro atoms. The van der Waals surface area contributed by atoms with Crippen LogP contribution in [0.15, 0.2) is 12.1 Å². The minimum absolute atomic E-state index is 0.0523. The second-order valence-corrected chi connectivity index (χ2v) is 5.85. The summed E-state index contributed by atoms with van der Waals surface area (Å²) in [5.41, 5.74) is -0.386. The van der Waals surface area contributed by atoms with Crippen molar-refractivity contribution in [1.82, 2.24) is 4.90 Å². The van der Waals surface area contributed by atoms with Gasteiger partial charge in [0.1, 0.15) is 0 Å². The summed E-state index contributed by atoms with van der Waals surface area (Å²) in [7, 11) is 2.86. The Hall–Kier alpha value is -2.02. The summed E-state index contributed by atoms with van der Waals surface area (Å²) >= 11 is 0. The number of amides is 1. The second kappa shape index (κ2) is 7.04. The molecule has 1 aromatic carbocycles. The zero-order chi connectivity index (χ0) is 17.0. The van der Waals surface area contributed by atoms with Crippen LogP contribution < -0.4 is 14.2 Å². The largest absolute Gasteiger partial charge is 0.493 e. The minimum Gasteiger partial charge on any atom is -0.493 e. The van der Waals surface area contributed by atoms with Crippen molar-refractivity contribution in [2.75, 3.05) is 40.5 Å². The molecule has 0 aromatic heterocycles. The lowest BCUT2D eigenvalue weighted by atomic mass is 10.1. The molecule has 0 saturated carbocycles. The number of carbonyl (C=O) groups excluding carboxylic acids is 1. The maximum Gasteiger partial charge on any atom is 0.260 e. The Morgan fingerprint density at radius 2 is 1.91 bits per heavy atom. The second-order valence-electron chi connectivity index (χ2n) is 5.85. The number of ether oxygens (including phenoxy) is 4. The number of carbonyl (C=O) groups is 1. The summed E-state index contributed by atoms with van der Waals surface area (Å²) in [6, 6.07) is 2.53. The Balaban J connectivity index is 2.01. The van der Waals surface area contributed by atoms with E-state index >= 15 is 0 Å². The molecule has 1 amide bonds. The minimum atomic E-state index is -0.613. The number of hydrogen-bond donors (Lipinski definition) is 0. The van der Waals surface area contributed by atoms with Gasteiger partial charge in [0.15, 0.2) is 29.7 Å². The third-order valence-corrected chi connectivity index (χ3v) is 3.57. The zero-order valence-corrected chi connectivity index (χ0v) is 13.8. The fraction of sp³-hybridized carbons (Fsp3) is 0.562. The normalized spacial score (nSPS) is 16.8. The molecule has 0 bridgehead atoms. The lowest BCUT2D eigenvalue weighted by Gasteiger charge is -2.38. The monoisotopic (exact) mass is 327 g/mol. The highest BCUT2D eigenvalue weighted by Gasteiger charge is 2.30. The fourth-order valence-electron chi connectivity index (χ4n) is 2.41. The first-order chi connectivity index (χ1) is 10.9. The van der Waals surface area contributed by atoms with Crippen LogP contribution in [-0.2, 0) is 9.53 Å². The van der Waals surface area contributed by atoms with Crippen molar-refractivity contribution < 1.29 is 28.1 Å². The van der Waals surface area contributed by atoms with E-state index in [-0.39, 0.29) is 29.6 Å². The Labute approximate surface area is 135 Å². The van der Waals surface area contributed by atoms with Gasteiger partial charge < -0.3 is 23.8 Å². The molecule has 0 N–H and O–H groups in total. The van der Waals surface area contributed by atoms with Gasteiger partial charge in [0.05, 0.1) is 26.4 Å². The molecule has 1 heterocycles. The van der Waals surface area contributed by atoms with Crippen LogP contribution in [0.3, 0.4) is 0 Å². The standard InChI is InChI=1S/C16H22FNO5/c1-16(2)10-18(5-6-23-16)15(19)9-22-12-8-14(21-4)13(20-3)7-11(12)17/h7-8H,5-6,9-10H2,1-4H3. The van der Waals surface area contributed by atoms with Crippen molar-refractivity contribution >= 4 is 5.91 Å². The number of morpholine rings is 1. The molecule has 1 aliphatic heterocycles. The van der Waals surface area contributed by atoms with Crippen molar-refractivity contribution in [2.24, 2.45) is 0 Å². The molecule has 2 rings (SSSR count). The topological polar surface area (TPSA) is 57.2 Å². The summed E-state index contributed by atoms with van der Waals surface area (Å²) in [6.07, 6.45) is 0. The van der Waals surface area contributed by atoms with Gasteiger partial charge in [0, 0.05) is 25.2 Å². The number of hydrogen-bond acceptors (Lipinski definition) is 5. The summed E-state index contributed by atoms with van der Waals surface area (Å²) in [4.78, 5) is 13.9. The van der Waals surface area contributed by atoms with Crippen LogP contribution in [0.1, 0.15) is 13.8 Å². The zero-order valence-electron chi connectivity index (χ0n) is 13.8.